The summed E-state index contributed by atoms with van der Waals surface area (Å²) in [6, 6.07) is 13.4. The minimum Gasteiger partial charge on any atom is -0.496 e. The molecule has 0 atom stereocenters. The van der Waals surface area contributed by atoms with Gasteiger partial charge in [-0.2, -0.15) is 0 Å². The molecule has 0 N–H and O–H groups in total. The molecule has 0 amide bonds. The number of methoxy groups -OCH3 is 1. The lowest BCUT2D eigenvalue weighted by molar-refractivity contribution is 0.336. The van der Waals surface area contributed by atoms with Crippen LogP contribution in [0.2, 0.25) is 0 Å². The molecule has 0 aliphatic heterocycles. The van der Waals surface area contributed by atoms with Crippen LogP contribution in [0.5, 0.6) is 11.5 Å². The zero-order chi connectivity index (χ0) is 17.1. The molecular weight excluding hydrogens is 304 g/mol. The lowest BCUT2D eigenvalue weighted by Crippen LogP contribution is -2.08. The second-order valence-corrected chi connectivity index (χ2v) is 5.63. The Balaban J connectivity index is 2.11. The first-order valence-corrected chi connectivity index (χ1v) is 7.94. The Kier molecular flexibility index (Phi) is 4.56. The fourth-order valence-corrected chi connectivity index (χ4v) is 2.76. The first-order chi connectivity index (χ1) is 11.6. The van der Waals surface area contributed by atoms with Gasteiger partial charge < -0.3 is 13.9 Å². The van der Waals surface area contributed by atoms with Crippen LogP contribution in [0.1, 0.15) is 23.6 Å². The Morgan fingerprint density at radius 1 is 1.08 bits per heavy atom. The van der Waals surface area contributed by atoms with E-state index in [0.29, 0.717) is 35.7 Å². The van der Waals surface area contributed by atoms with Crippen LogP contribution in [-0.4, -0.2) is 13.7 Å². The predicted octanol–water partition coefficient (Wildman–Crippen LogP) is 4.10. The van der Waals surface area contributed by atoms with Gasteiger partial charge in [0.1, 0.15) is 17.1 Å². The van der Waals surface area contributed by atoms with Gasteiger partial charge in [0.2, 0.25) is 0 Å². The van der Waals surface area contributed by atoms with Gasteiger partial charge in [-0.05, 0) is 31.0 Å². The molecule has 3 aromatic rings. The largest absolute Gasteiger partial charge is 0.496 e. The minimum absolute atomic E-state index is 0.332. The molecule has 4 heteroatoms. The van der Waals surface area contributed by atoms with Crippen molar-refractivity contribution in [3.8, 4) is 11.5 Å². The van der Waals surface area contributed by atoms with E-state index in [2.05, 4.69) is 0 Å². The summed E-state index contributed by atoms with van der Waals surface area (Å²) in [7, 11) is 1.59. The van der Waals surface area contributed by atoms with Crippen LogP contribution in [0.4, 0.5) is 0 Å². The van der Waals surface area contributed by atoms with Crippen molar-refractivity contribution in [3.05, 3.63) is 69.6 Å². The van der Waals surface area contributed by atoms with E-state index in [0.717, 1.165) is 16.5 Å². The summed E-state index contributed by atoms with van der Waals surface area (Å²) < 4.78 is 16.5. The van der Waals surface area contributed by atoms with E-state index < -0.39 is 0 Å². The SMILES string of the molecule is CCOc1cc(OC)c2cc(Cc3ccccc3C)c(=O)oc2c1. The number of aryl methyl sites for hydroxylation is 1. The number of benzene rings is 2. The van der Waals surface area contributed by atoms with Crippen LogP contribution in [0.25, 0.3) is 11.0 Å². The molecule has 0 saturated carbocycles. The Morgan fingerprint density at radius 3 is 2.58 bits per heavy atom. The fraction of sp³-hybridized carbons (Fsp3) is 0.250. The minimum atomic E-state index is -0.332. The van der Waals surface area contributed by atoms with Gasteiger partial charge in [0.05, 0.1) is 19.1 Å². The van der Waals surface area contributed by atoms with Gasteiger partial charge in [-0.15, -0.1) is 0 Å². The van der Waals surface area contributed by atoms with Gasteiger partial charge >= 0.3 is 5.63 Å². The molecule has 0 radical (unpaired) electrons. The number of rotatable bonds is 5. The molecule has 1 heterocycles. The number of ether oxygens (including phenoxy) is 2. The maximum atomic E-state index is 12.4. The molecule has 4 nitrogen and oxygen atoms in total. The highest BCUT2D eigenvalue weighted by molar-refractivity contribution is 5.85. The highest BCUT2D eigenvalue weighted by Crippen LogP contribution is 2.31. The van der Waals surface area contributed by atoms with E-state index in [-0.39, 0.29) is 5.63 Å². The lowest BCUT2D eigenvalue weighted by atomic mass is 10.0. The first-order valence-electron chi connectivity index (χ1n) is 7.94. The standard InChI is InChI=1S/C20H20O4/c1-4-23-16-11-18(22-3)17-10-15(20(21)24-19(17)12-16)9-14-8-6-5-7-13(14)2/h5-8,10-12H,4,9H2,1-3H3. The maximum Gasteiger partial charge on any atom is 0.339 e. The van der Waals surface area contributed by atoms with Crippen molar-refractivity contribution in [2.24, 2.45) is 0 Å². The third-order valence-corrected chi connectivity index (χ3v) is 4.03. The van der Waals surface area contributed by atoms with Gasteiger partial charge in [0.25, 0.3) is 0 Å². The van der Waals surface area contributed by atoms with Crippen LogP contribution >= 0.6 is 0 Å². The van der Waals surface area contributed by atoms with Gasteiger partial charge in [0.15, 0.2) is 0 Å². The predicted molar refractivity (Wildman–Crippen MR) is 94.2 cm³/mol. The normalized spacial score (nSPS) is 10.8. The fourth-order valence-electron chi connectivity index (χ4n) is 2.76. The van der Waals surface area contributed by atoms with E-state index >= 15 is 0 Å². The molecule has 1 aromatic heterocycles. The molecule has 0 aliphatic rings. The Labute approximate surface area is 140 Å². The molecule has 0 aliphatic carbocycles. The average molecular weight is 324 g/mol. The first kappa shape index (κ1) is 16.1. The summed E-state index contributed by atoms with van der Waals surface area (Å²) in [4.78, 5) is 12.4. The summed E-state index contributed by atoms with van der Waals surface area (Å²) in [5.74, 6) is 1.25. The molecule has 124 valence electrons. The van der Waals surface area contributed by atoms with Crippen LogP contribution in [-0.2, 0) is 6.42 Å². The van der Waals surface area contributed by atoms with Gasteiger partial charge in [-0.3, -0.25) is 0 Å². The van der Waals surface area contributed by atoms with E-state index in [4.69, 9.17) is 13.9 Å². The molecule has 2 aromatic carbocycles. The van der Waals surface area contributed by atoms with E-state index in [1.807, 2.05) is 50.2 Å². The van der Waals surface area contributed by atoms with Crippen molar-refractivity contribution in [2.45, 2.75) is 20.3 Å². The second kappa shape index (κ2) is 6.79. The molecule has 0 spiro atoms. The topological polar surface area (TPSA) is 48.7 Å². The van der Waals surface area contributed by atoms with E-state index in [1.165, 1.54) is 0 Å². The molecule has 24 heavy (non-hydrogen) atoms. The summed E-state index contributed by atoms with van der Waals surface area (Å²) in [5, 5.41) is 0.768. The smallest absolute Gasteiger partial charge is 0.339 e. The average Bonchev–Trinajstić information content (AvgIpc) is 2.57. The van der Waals surface area contributed by atoms with Crippen molar-refractivity contribution in [2.75, 3.05) is 13.7 Å². The number of hydrogen-bond acceptors (Lipinski definition) is 4. The lowest BCUT2D eigenvalue weighted by Gasteiger charge is -2.10. The molecule has 0 fully saturated rings. The summed E-state index contributed by atoms with van der Waals surface area (Å²) in [5.41, 5.74) is 3.00. The van der Waals surface area contributed by atoms with Crippen LogP contribution in [0.15, 0.2) is 51.7 Å². The zero-order valence-electron chi connectivity index (χ0n) is 14.1. The number of hydrogen-bond donors (Lipinski definition) is 0. The van der Waals surface area contributed by atoms with Gasteiger partial charge in [-0.25, -0.2) is 4.79 Å². The van der Waals surface area contributed by atoms with Crippen LogP contribution in [0, 0.1) is 6.92 Å². The molecular formula is C20H20O4. The monoisotopic (exact) mass is 324 g/mol. The summed E-state index contributed by atoms with van der Waals surface area (Å²) in [6.07, 6.45) is 0.529. The van der Waals surface area contributed by atoms with Crippen LogP contribution < -0.4 is 15.1 Å². The third kappa shape index (κ3) is 3.13. The summed E-state index contributed by atoms with van der Waals surface area (Å²) in [6.45, 7) is 4.47. The quantitative estimate of drug-likeness (QED) is 0.663. The molecule has 0 saturated heterocycles. The third-order valence-electron chi connectivity index (χ3n) is 4.03. The van der Waals surface area contributed by atoms with Crippen molar-refractivity contribution in [3.63, 3.8) is 0 Å². The highest BCUT2D eigenvalue weighted by atomic mass is 16.5. The van der Waals surface area contributed by atoms with E-state index in [9.17, 15) is 4.79 Å². The Hall–Kier alpha value is -2.75. The van der Waals surface area contributed by atoms with E-state index in [1.54, 1.807) is 13.2 Å². The second-order valence-electron chi connectivity index (χ2n) is 5.63. The molecule has 0 unspecified atom stereocenters. The zero-order valence-corrected chi connectivity index (χ0v) is 14.1. The maximum absolute atomic E-state index is 12.4. The Bertz CT molecular complexity index is 925. The molecule has 3 rings (SSSR count). The molecule has 0 bridgehead atoms. The van der Waals surface area contributed by atoms with Crippen molar-refractivity contribution >= 4 is 11.0 Å². The highest BCUT2D eigenvalue weighted by Gasteiger charge is 2.13. The summed E-state index contributed by atoms with van der Waals surface area (Å²) >= 11 is 0. The van der Waals surface area contributed by atoms with Gasteiger partial charge in [-0.1, -0.05) is 24.3 Å². The van der Waals surface area contributed by atoms with Crippen molar-refractivity contribution < 1.29 is 13.9 Å². The number of fused-ring (bicyclic) bond motifs is 1. The van der Waals surface area contributed by atoms with Crippen molar-refractivity contribution in [1.82, 2.24) is 0 Å². The van der Waals surface area contributed by atoms with Gasteiger partial charge in [0, 0.05) is 24.1 Å². The van der Waals surface area contributed by atoms with Crippen molar-refractivity contribution in [1.29, 1.82) is 0 Å². The Morgan fingerprint density at radius 2 is 1.88 bits per heavy atom. The van der Waals surface area contributed by atoms with Crippen LogP contribution in [0.3, 0.4) is 0 Å².